The van der Waals surface area contributed by atoms with Crippen molar-refractivity contribution in [2.75, 3.05) is 39.0 Å². The van der Waals surface area contributed by atoms with Crippen molar-refractivity contribution in [1.82, 2.24) is 9.80 Å². The Morgan fingerprint density at radius 1 is 1.22 bits per heavy atom. The maximum absolute atomic E-state index is 12.5. The lowest BCUT2D eigenvalue weighted by molar-refractivity contribution is -0.388. The Kier molecular flexibility index (Phi) is 6.70. The van der Waals surface area contributed by atoms with E-state index in [2.05, 4.69) is 0 Å². The van der Waals surface area contributed by atoms with Crippen LogP contribution in [0.5, 0.6) is 0 Å². The van der Waals surface area contributed by atoms with Gasteiger partial charge in [0.15, 0.2) is 10.8 Å². The fourth-order valence-electron chi connectivity index (χ4n) is 2.42. The molecule has 2 atom stereocenters. The molecule has 13 heteroatoms. The molecular formula is C14H16F3N3O5S2. The van der Waals surface area contributed by atoms with Crippen LogP contribution in [0.2, 0.25) is 0 Å². The SMILES string of the molecule is CN1CCN(C(=O)CS(=O)c2ccc(S(=O)C(F)(F)F)cc2[N+](=O)[O-])CC1. The minimum Gasteiger partial charge on any atom is -0.339 e. The number of carbonyl (C=O) groups is 1. The quantitative estimate of drug-likeness (QED) is 0.515. The van der Waals surface area contributed by atoms with Gasteiger partial charge in [-0.3, -0.25) is 19.1 Å². The second-order valence-electron chi connectivity index (χ2n) is 5.78. The summed E-state index contributed by atoms with van der Waals surface area (Å²) in [6.07, 6.45) is 0. The zero-order valence-corrected chi connectivity index (χ0v) is 15.7. The molecule has 1 aliphatic rings. The van der Waals surface area contributed by atoms with Crippen LogP contribution >= 0.6 is 0 Å². The van der Waals surface area contributed by atoms with Crippen molar-refractivity contribution in [3.05, 3.63) is 28.3 Å². The fourth-order valence-corrected chi connectivity index (χ4v) is 4.24. The molecule has 0 radical (unpaired) electrons. The predicted octanol–water partition coefficient (Wildman–Crippen LogP) is 1.10. The van der Waals surface area contributed by atoms with E-state index in [1.54, 1.807) is 0 Å². The van der Waals surface area contributed by atoms with Crippen LogP contribution in [0, 0.1) is 10.1 Å². The van der Waals surface area contributed by atoms with Gasteiger partial charge >= 0.3 is 5.51 Å². The van der Waals surface area contributed by atoms with Crippen molar-refractivity contribution < 1.29 is 31.3 Å². The van der Waals surface area contributed by atoms with Gasteiger partial charge in [0, 0.05) is 32.2 Å². The number of piperazine rings is 1. The van der Waals surface area contributed by atoms with Gasteiger partial charge in [-0.15, -0.1) is 0 Å². The lowest BCUT2D eigenvalue weighted by atomic mass is 10.3. The Morgan fingerprint density at radius 3 is 2.33 bits per heavy atom. The van der Waals surface area contributed by atoms with Crippen molar-refractivity contribution >= 4 is 33.2 Å². The first-order valence-electron chi connectivity index (χ1n) is 7.62. The summed E-state index contributed by atoms with van der Waals surface area (Å²) in [4.78, 5) is 24.7. The van der Waals surface area contributed by atoms with Crippen molar-refractivity contribution in [2.45, 2.75) is 15.3 Å². The number of nitrogens with zero attached hydrogens (tertiary/aromatic N) is 3. The molecule has 0 spiro atoms. The molecule has 8 nitrogen and oxygen atoms in total. The highest BCUT2D eigenvalue weighted by Gasteiger charge is 2.39. The summed E-state index contributed by atoms with van der Waals surface area (Å²) in [7, 11) is -3.69. The molecule has 150 valence electrons. The molecule has 2 unspecified atom stereocenters. The zero-order valence-electron chi connectivity index (χ0n) is 14.1. The molecule has 1 fully saturated rings. The molecule has 1 amide bonds. The standard InChI is InChI=1S/C14H16F3N3O5S2/c1-18-4-6-19(7-5-18)13(21)9-26(24)12-3-2-10(8-11(12)20(22)23)27(25)14(15,16)17/h2-3,8H,4-7,9H2,1H3. The van der Waals surface area contributed by atoms with Crippen LogP contribution in [0.3, 0.4) is 0 Å². The van der Waals surface area contributed by atoms with Crippen LogP contribution in [0.4, 0.5) is 18.9 Å². The summed E-state index contributed by atoms with van der Waals surface area (Å²) in [5, 5.41) is 11.2. The molecule has 1 saturated heterocycles. The molecular weight excluding hydrogens is 411 g/mol. The molecule has 1 aromatic rings. The molecule has 0 saturated carbocycles. The average Bonchev–Trinajstić information content (AvgIpc) is 2.60. The molecule has 2 rings (SSSR count). The number of nitro benzene ring substituents is 1. The second kappa shape index (κ2) is 8.44. The topological polar surface area (TPSA) is 101 Å². The molecule has 1 heterocycles. The number of benzene rings is 1. The van der Waals surface area contributed by atoms with Gasteiger partial charge < -0.3 is 9.80 Å². The van der Waals surface area contributed by atoms with Gasteiger partial charge in [-0.05, 0) is 19.2 Å². The van der Waals surface area contributed by atoms with Crippen molar-refractivity contribution in [2.24, 2.45) is 0 Å². The summed E-state index contributed by atoms with van der Waals surface area (Å²) in [6, 6.07) is 2.10. The van der Waals surface area contributed by atoms with Gasteiger partial charge in [0.05, 0.1) is 20.6 Å². The number of rotatable bonds is 5. The van der Waals surface area contributed by atoms with E-state index >= 15 is 0 Å². The van der Waals surface area contributed by atoms with Gasteiger partial charge in [0.2, 0.25) is 5.91 Å². The normalized spacial score (nSPS) is 18.1. The molecule has 0 aromatic heterocycles. The molecule has 1 aromatic carbocycles. The number of halogens is 3. The van der Waals surface area contributed by atoms with Crippen LogP contribution in [-0.2, 0) is 26.4 Å². The monoisotopic (exact) mass is 427 g/mol. The number of carbonyl (C=O) groups excluding carboxylic acids is 1. The van der Waals surface area contributed by atoms with Crippen LogP contribution in [0.1, 0.15) is 0 Å². The Hall–Kier alpha value is -1.86. The Labute approximate surface area is 157 Å². The third-order valence-electron chi connectivity index (χ3n) is 3.91. The van der Waals surface area contributed by atoms with Crippen LogP contribution in [-0.4, -0.2) is 73.5 Å². The third kappa shape index (κ3) is 5.32. The largest absolute Gasteiger partial charge is 0.475 e. The van der Waals surface area contributed by atoms with E-state index in [0.717, 1.165) is 12.1 Å². The lowest BCUT2D eigenvalue weighted by Crippen LogP contribution is -2.48. The highest BCUT2D eigenvalue weighted by Crippen LogP contribution is 2.31. The summed E-state index contributed by atoms with van der Waals surface area (Å²) in [5.74, 6) is -0.981. The maximum Gasteiger partial charge on any atom is 0.475 e. The Bertz CT molecular complexity index is 795. The zero-order chi connectivity index (χ0) is 20.4. The fraction of sp³-hybridized carbons (Fsp3) is 0.500. The van der Waals surface area contributed by atoms with Crippen molar-refractivity contribution in [1.29, 1.82) is 0 Å². The van der Waals surface area contributed by atoms with E-state index in [1.807, 2.05) is 11.9 Å². The van der Waals surface area contributed by atoms with E-state index in [1.165, 1.54) is 4.90 Å². The minimum absolute atomic E-state index is 0.384. The third-order valence-corrected chi connectivity index (χ3v) is 6.35. The molecule has 0 aliphatic carbocycles. The molecule has 0 bridgehead atoms. The van der Waals surface area contributed by atoms with Crippen LogP contribution in [0.15, 0.2) is 28.0 Å². The molecule has 27 heavy (non-hydrogen) atoms. The van der Waals surface area contributed by atoms with Gasteiger partial charge in [-0.25, -0.2) is 4.21 Å². The highest BCUT2D eigenvalue weighted by atomic mass is 32.2. The lowest BCUT2D eigenvalue weighted by Gasteiger charge is -2.32. The van der Waals surface area contributed by atoms with Crippen LogP contribution < -0.4 is 0 Å². The van der Waals surface area contributed by atoms with E-state index in [4.69, 9.17) is 0 Å². The smallest absolute Gasteiger partial charge is 0.339 e. The predicted molar refractivity (Wildman–Crippen MR) is 90.9 cm³/mol. The van der Waals surface area contributed by atoms with E-state index in [9.17, 15) is 36.5 Å². The van der Waals surface area contributed by atoms with E-state index in [0.29, 0.717) is 32.2 Å². The van der Waals surface area contributed by atoms with Crippen LogP contribution in [0.25, 0.3) is 0 Å². The van der Waals surface area contributed by atoms with Gasteiger partial charge in [0.1, 0.15) is 10.6 Å². The Morgan fingerprint density at radius 2 is 1.81 bits per heavy atom. The number of hydrogen-bond acceptors (Lipinski definition) is 6. The summed E-state index contributed by atoms with van der Waals surface area (Å²) in [5.41, 5.74) is -5.94. The van der Waals surface area contributed by atoms with Gasteiger partial charge in [0.25, 0.3) is 5.69 Å². The number of hydrogen-bond donors (Lipinski definition) is 0. The highest BCUT2D eigenvalue weighted by molar-refractivity contribution is 7.86. The number of nitro groups is 1. The Balaban J connectivity index is 2.21. The first kappa shape index (κ1) is 21.4. The summed E-state index contributed by atoms with van der Waals surface area (Å²) >= 11 is 0. The molecule has 0 N–H and O–H groups in total. The number of alkyl halides is 3. The van der Waals surface area contributed by atoms with E-state index in [-0.39, 0.29) is 4.90 Å². The summed E-state index contributed by atoms with van der Waals surface area (Å²) in [6.45, 7) is 2.13. The van der Waals surface area contributed by atoms with Gasteiger partial charge in [-0.1, -0.05) is 0 Å². The van der Waals surface area contributed by atoms with Gasteiger partial charge in [-0.2, -0.15) is 13.2 Å². The summed E-state index contributed by atoms with van der Waals surface area (Å²) < 4.78 is 61.4. The molecule has 1 aliphatic heterocycles. The number of likely N-dealkylation sites (N-methyl/N-ethyl adjacent to an activating group) is 1. The van der Waals surface area contributed by atoms with E-state index < -0.39 is 54.3 Å². The number of amides is 1. The average molecular weight is 427 g/mol. The maximum atomic E-state index is 12.5. The minimum atomic E-state index is -5.08. The van der Waals surface area contributed by atoms with Crippen molar-refractivity contribution in [3.63, 3.8) is 0 Å². The second-order valence-corrected chi connectivity index (χ2v) is 8.67. The van der Waals surface area contributed by atoms with Crippen molar-refractivity contribution in [3.8, 4) is 0 Å². The first-order chi connectivity index (χ1) is 12.5. The first-order valence-corrected chi connectivity index (χ1v) is 10.1.